The van der Waals surface area contributed by atoms with Crippen molar-refractivity contribution < 1.29 is 4.79 Å². The van der Waals surface area contributed by atoms with Crippen LogP contribution in [0, 0.1) is 6.92 Å². The number of rotatable bonds is 4. The molecule has 0 fully saturated rings. The SMILES string of the molecule is CCN(C(=O)Cc1ccccc1)c1ccc(C)cc1. The number of amides is 1. The Bertz CT molecular complexity index is 531. The molecule has 0 aliphatic rings. The first-order valence-corrected chi connectivity index (χ1v) is 6.61. The second-order valence-corrected chi connectivity index (χ2v) is 4.64. The normalized spacial score (nSPS) is 10.2. The maximum absolute atomic E-state index is 12.4. The third kappa shape index (κ3) is 3.44. The molecule has 0 N–H and O–H groups in total. The van der Waals surface area contributed by atoms with Crippen LogP contribution in [0.1, 0.15) is 18.1 Å². The summed E-state index contributed by atoms with van der Waals surface area (Å²) >= 11 is 0. The molecule has 0 heterocycles. The number of hydrogen-bond donors (Lipinski definition) is 0. The first-order chi connectivity index (χ1) is 9.20. The van der Waals surface area contributed by atoms with E-state index in [-0.39, 0.29) is 5.91 Å². The summed E-state index contributed by atoms with van der Waals surface area (Å²) in [6, 6.07) is 17.9. The Hall–Kier alpha value is -2.09. The van der Waals surface area contributed by atoms with Gasteiger partial charge in [-0.15, -0.1) is 0 Å². The van der Waals surface area contributed by atoms with Crippen LogP contribution in [0.15, 0.2) is 54.6 Å². The Balaban J connectivity index is 2.13. The van der Waals surface area contributed by atoms with Crippen molar-refractivity contribution >= 4 is 11.6 Å². The lowest BCUT2D eigenvalue weighted by Gasteiger charge is -2.21. The van der Waals surface area contributed by atoms with Crippen molar-refractivity contribution in [2.75, 3.05) is 11.4 Å². The topological polar surface area (TPSA) is 20.3 Å². The van der Waals surface area contributed by atoms with Gasteiger partial charge >= 0.3 is 0 Å². The molecule has 2 rings (SSSR count). The fourth-order valence-corrected chi connectivity index (χ4v) is 2.09. The van der Waals surface area contributed by atoms with Gasteiger partial charge in [0.2, 0.25) is 5.91 Å². The standard InChI is InChI=1S/C17H19NO/c1-3-18(16-11-9-14(2)10-12-16)17(19)13-15-7-5-4-6-8-15/h4-12H,3,13H2,1-2H3. The number of nitrogens with zero attached hydrogens (tertiary/aromatic N) is 1. The molecule has 98 valence electrons. The molecular weight excluding hydrogens is 234 g/mol. The van der Waals surface area contributed by atoms with E-state index >= 15 is 0 Å². The van der Waals surface area contributed by atoms with Crippen molar-refractivity contribution in [2.45, 2.75) is 20.3 Å². The third-order valence-electron chi connectivity index (χ3n) is 3.16. The number of carbonyl (C=O) groups is 1. The van der Waals surface area contributed by atoms with E-state index in [1.165, 1.54) is 5.56 Å². The summed E-state index contributed by atoms with van der Waals surface area (Å²) in [7, 11) is 0. The Labute approximate surface area is 114 Å². The van der Waals surface area contributed by atoms with E-state index in [1.54, 1.807) is 0 Å². The summed E-state index contributed by atoms with van der Waals surface area (Å²) in [5.74, 6) is 0.137. The van der Waals surface area contributed by atoms with Crippen molar-refractivity contribution in [3.63, 3.8) is 0 Å². The molecule has 0 saturated heterocycles. The van der Waals surface area contributed by atoms with E-state index in [4.69, 9.17) is 0 Å². The molecule has 2 aromatic rings. The first kappa shape index (κ1) is 13.3. The van der Waals surface area contributed by atoms with Gasteiger partial charge in [-0.3, -0.25) is 4.79 Å². The minimum atomic E-state index is 0.137. The van der Waals surface area contributed by atoms with E-state index in [0.29, 0.717) is 13.0 Å². The number of hydrogen-bond acceptors (Lipinski definition) is 1. The van der Waals surface area contributed by atoms with Gasteiger partial charge in [0.25, 0.3) is 0 Å². The van der Waals surface area contributed by atoms with E-state index < -0.39 is 0 Å². The Kier molecular flexibility index (Phi) is 4.35. The molecule has 0 atom stereocenters. The van der Waals surface area contributed by atoms with Gasteiger partial charge in [-0.05, 0) is 31.5 Å². The zero-order valence-electron chi connectivity index (χ0n) is 11.5. The lowest BCUT2D eigenvalue weighted by Crippen LogP contribution is -2.31. The molecule has 0 spiro atoms. The number of anilines is 1. The second kappa shape index (κ2) is 6.19. The van der Waals surface area contributed by atoms with Gasteiger partial charge in [-0.25, -0.2) is 0 Å². The van der Waals surface area contributed by atoms with E-state index in [1.807, 2.05) is 73.3 Å². The number of likely N-dealkylation sites (N-methyl/N-ethyl adjacent to an activating group) is 1. The highest BCUT2D eigenvalue weighted by molar-refractivity contribution is 5.94. The van der Waals surface area contributed by atoms with Gasteiger partial charge in [0.1, 0.15) is 0 Å². The van der Waals surface area contributed by atoms with Crippen LogP contribution in [0.5, 0.6) is 0 Å². The first-order valence-electron chi connectivity index (χ1n) is 6.61. The number of carbonyl (C=O) groups excluding carboxylic acids is 1. The van der Waals surface area contributed by atoms with E-state index in [2.05, 4.69) is 0 Å². The lowest BCUT2D eigenvalue weighted by atomic mass is 10.1. The van der Waals surface area contributed by atoms with Crippen LogP contribution in [-0.2, 0) is 11.2 Å². The van der Waals surface area contributed by atoms with E-state index in [0.717, 1.165) is 11.3 Å². The van der Waals surface area contributed by atoms with Gasteiger partial charge in [-0.2, -0.15) is 0 Å². The highest BCUT2D eigenvalue weighted by atomic mass is 16.2. The highest BCUT2D eigenvalue weighted by Crippen LogP contribution is 2.16. The summed E-state index contributed by atoms with van der Waals surface area (Å²) in [5, 5.41) is 0. The largest absolute Gasteiger partial charge is 0.312 e. The van der Waals surface area contributed by atoms with Crippen LogP contribution in [-0.4, -0.2) is 12.5 Å². The summed E-state index contributed by atoms with van der Waals surface area (Å²) < 4.78 is 0. The van der Waals surface area contributed by atoms with Crippen molar-refractivity contribution in [2.24, 2.45) is 0 Å². The molecule has 0 aliphatic carbocycles. The molecule has 19 heavy (non-hydrogen) atoms. The van der Waals surface area contributed by atoms with Crippen molar-refractivity contribution in [3.05, 3.63) is 65.7 Å². The summed E-state index contributed by atoms with van der Waals surface area (Å²) in [6.45, 7) is 4.74. The quantitative estimate of drug-likeness (QED) is 0.815. The van der Waals surface area contributed by atoms with Gasteiger partial charge in [0, 0.05) is 12.2 Å². The van der Waals surface area contributed by atoms with Gasteiger partial charge in [-0.1, -0.05) is 48.0 Å². The van der Waals surface area contributed by atoms with Crippen molar-refractivity contribution in [1.29, 1.82) is 0 Å². The average molecular weight is 253 g/mol. The van der Waals surface area contributed by atoms with Crippen LogP contribution in [0.25, 0.3) is 0 Å². The maximum Gasteiger partial charge on any atom is 0.231 e. The average Bonchev–Trinajstić information content (AvgIpc) is 2.43. The molecule has 0 bridgehead atoms. The Morgan fingerprint density at radius 1 is 1.00 bits per heavy atom. The lowest BCUT2D eigenvalue weighted by molar-refractivity contribution is -0.117. The maximum atomic E-state index is 12.4. The smallest absolute Gasteiger partial charge is 0.231 e. The van der Waals surface area contributed by atoms with Crippen LogP contribution in [0.4, 0.5) is 5.69 Å². The molecule has 0 unspecified atom stereocenters. The Morgan fingerprint density at radius 3 is 2.21 bits per heavy atom. The van der Waals surface area contributed by atoms with Gasteiger partial charge < -0.3 is 4.90 Å². The number of benzene rings is 2. The fraction of sp³-hybridized carbons (Fsp3) is 0.235. The van der Waals surface area contributed by atoms with Crippen molar-refractivity contribution in [3.8, 4) is 0 Å². The van der Waals surface area contributed by atoms with Crippen molar-refractivity contribution in [1.82, 2.24) is 0 Å². The van der Waals surface area contributed by atoms with Crippen LogP contribution in [0.3, 0.4) is 0 Å². The minimum absolute atomic E-state index is 0.137. The predicted octanol–water partition coefficient (Wildman–Crippen LogP) is 3.59. The summed E-state index contributed by atoms with van der Waals surface area (Å²) in [5.41, 5.74) is 3.22. The highest BCUT2D eigenvalue weighted by Gasteiger charge is 2.13. The molecule has 0 aliphatic heterocycles. The third-order valence-corrected chi connectivity index (χ3v) is 3.16. The van der Waals surface area contributed by atoms with E-state index in [9.17, 15) is 4.79 Å². The molecular formula is C17H19NO. The second-order valence-electron chi connectivity index (χ2n) is 4.64. The molecule has 0 radical (unpaired) electrons. The zero-order valence-corrected chi connectivity index (χ0v) is 11.5. The Morgan fingerprint density at radius 2 is 1.63 bits per heavy atom. The van der Waals surface area contributed by atoms with Crippen LogP contribution in [0.2, 0.25) is 0 Å². The molecule has 2 aromatic carbocycles. The molecule has 2 nitrogen and oxygen atoms in total. The molecule has 0 aromatic heterocycles. The summed E-state index contributed by atoms with van der Waals surface area (Å²) in [4.78, 5) is 14.2. The van der Waals surface area contributed by atoms with Crippen LogP contribution < -0.4 is 4.90 Å². The predicted molar refractivity (Wildman–Crippen MR) is 79.4 cm³/mol. The summed E-state index contributed by atoms with van der Waals surface area (Å²) in [6.07, 6.45) is 0.447. The molecule has 1 amide bonds. The zero-order chi connectivity index (χ0) is 13.7. The van der Waals surface area contributed by atoms with Gasteiger partial charge in [0.05, 0.1) is 6.42 Å². The monoisotopic (exact) mass is 253 g/mol. The van der Waals surface area contributed by atoms with Crippen LogP contribution >= 0.6 is 0 Å². The molecule has 2 heteroatoms. The minimum Gasteiger partial charge on any atom is -0.312 e. The van der Waals surface area contributed by atoms with Gasteiger partial charge in [0.15, 0.2) is 0 Å². The number of aryl methyl sites for hydroxylation is 1. The fourth-order valence-electron chi connectivity index (χ4n) is 2.09. The molecule has 0 saturated carbocycles.